The predicted molar refractivity (Wildman–Crippen MR) is 101 cm³/mol. The maximum absolute atomic E-state index is 12.5. The van der Waals surface area contributed by atoms with Crippen LogP contribution in [-0.4, -0.2) is 16.3 Å². The van der Waals surface area contributed by atoms with E-state index >= 15 is 0 Å². The van der Waals surface area contributed by atoms with Gasteiger partial charge in [0.25, 0.3) is 11.1 Å². The van der Waals surface area contributed by atoms with Crippen molar-refractivity contribution in [1.29, 1.82) is 0 Å². The summed E-state index contributed by atoms with van der Waals surface area (Å²) in [5, 5.41) is 9.73. The Morgan fingerprint density at radius 1 is 1.13 bits per heavy atom. The highest BCUT2D eigenvalue weighted by molar-refractivity contribution is 14.1. The third kappa shape index (κ3) is 3.39. The summed E-state index contributed by atoms with van der Waals surface area (Å²) in [6, 6.07) is 11.5. The molecule has 23 heavy (non-hydrogen) atoms. The number of carbonyl (C=O) groups is 2. The molecule has 1 aliphatic heterocycles. The largest absolute Gasteiger partial charge is 0.507 e. The summed E-state index contributed by atoms with van der Waals surface area (Å²) >= 11 is 8.72. The Kier molecular flexibility index (Phi) is 4.65. The van der Waals surface area contributed by atoms with Crippen molar-refractivity contribution in [1.82, 2.24) is 0 Å². The third-order valence-corrected chi connectivity index (χ3v) is 5.13. The Bertz CT molecular complexity index is 836. The van der Waals surface area contributed by atoms with Gasteiger partial charge in [0.1, 0.15) is 5.75 Å². The molecular formula is C16H9ClINO3S. The number of phenolic OH excluding ortho intramolecular Hbond substituents is 1. The lowest BCUT2D eigenvalue weighted by molar-refractivity contribution is -0.113. The zero-order valence-electron chi connectivity index (χ0n) is 11.5. The molecule has 116 valence electrons. The summed E-state index contributed by atoms with van der Waals surface area (Å²) in [5.41, 5.74) is 1.23. The van der Waals surface area contributed by atoms with Gasteiger partial charge in [-0.25, -0.2) is 4.90 Å². The Labute approximate surface area is 155 Å². The van der Waals surface area contributed by atoms with Gasteiger partial charge >= 0.3 is 0 Å². The van der Waals surface area contributed by atoms with Crippen LogP contribution < -0.4 is 4.90 Å². The van der Waals surface area contributed by atoms with Crippen molar-refractivity contribution in [3.05, 3.63) is 61.5 Å². The molecule has 1 fully saturated rings. The van der Waals surface area contributed by atoms with Gasteiger partial charge in [-0.15, -0.1) is 0 Å². The monoisotopic (exact) mass is 457 g/mol. The Morgan fingerprint density at radius 2 is 1.83 bits per heavy atom. The maximum atomic E-state index is 12.5. The first-order valence-corrected chi connectivity index (χ1v) is 8.75. The van der Waals surface area contributed by atoms with Gasteiger partial charge in [0.15, 0.2) is 0 Å². The van der Waals surface area contributed by atoms with Gasteiger partial charge in [-0.05, 0) is 82.4 Å². The fraction of sp³-hybridized carbons (Fsp3) is 0. The van der Waals surface area contributed by atoms with E-state index in [2.05, 4.69) is 0 Å². The van der Waals surface area contributed by atoms with Crippen molar-refractivity contribution in [3.63, 3.8) is 0 Å². The lowest BCUT2D eigenvalue weighted by Gasteiger charge is -2.12. The molecule has 1 aliphatic rings. The normalized spacial score (nSPS) is 16.4. The zero-order chi connectivity index (χ0) is 16.6. The predicted octanol–water partition coefficient (Wildman–Crippen LogP) is 4.89. The smallest absolute Gasteiger partial charge is 0.298 e. The van der Waals surface area contributed by atoms with E-state index in [1.807, 2.05) is 22.6 Å². The minimum Gasteiger partial charge on any atom is -0.507 e. The second-order valence-corrected chi connectivity index (χ2v) is 7.30. The van der Waals surface area contributed by atoms with Crippen molar-refractivity contribution in [3.8, 4) is 5.75 Å². The highest BCUT2D eigenvalue weighted by atomic mass is 127. The molecule has 1 saturated heterocycles. The average Bonchev–Trinajstić information content (AvgIpc) is 2.79. The molecule has 0 spiro atoms. The number of imide groups is 1. The molecule has 0 radical (unpaired) electrons. The number of rotatable bonds is 2. The standard InChI is InChI=1S/C16H9ClINO3S/c17-10-2-4-11(5-3-10)19-15(21)14(23-16(19)22)8-9-1-6-13(20)12(18)7-9/h1-8,20H. The highest BCUT2D eigenvalue weighted by Gasteiger charge is 2.36. The van der Waals surface area contributed by atoms with Gasteiger partial charge < -0.3 is 5.11 Å². The van der Waals surface area contributed by atoms with Crippen molar-refractivity contribution in [2.45, 2.75) is 0 Å². The molecule has 2 amide bonds. The van der Waals surface area contributed by atoms with Gasteiger partial charge in [0.05, 0.1) is 14.2 Å². The number of amides is 2. The molecule has 0 aromatic heterocycles. The Hall–Kier alpha value is -1.51. The van der Waals surface area contributed by atoms with Gasteiger partial charge in [-0.2, -0.15) is 0 Å². The van der Waals surface area contributed by atoms with E-state index in [9.17, 15) is 14.7 Å². The maximum Gasteiger partial charge on any atom is 0.298 e. The van der Waals surface area contributed by atoms with E-state index in [0.717, 1.165) is 22.2 Å². The Morgan fingerprint density at radius 3 is 2.48 bits per heavy atom. The molecule has 2 aromatic carbocycles. The number of halogens is 2. The molecule has 0 bridgehead atoms. The van der Waals surface area contributed by atoms with Crippen LogP contribution in [0.2, 0.25) is 5.02 Å². The molecule has 0 saturated carbocycles. The van der Waals surface area contributed by atoms with Gasteiger partial charge in [-0.1, -0.05) is 17.7 Å². The van der Waals surface area contributed by atoms with Crippen molar-refractivity contribution in [2.75, 3.05) is 4.90 Å². The van der Waals surface area contributed by atoms with E-state index in [-0.39, 0.29) is 16.9 Å². The SMILES string of the molecule is O=C1SC(=Cc2ccc(O)c(I)c2)C(=O)N1c1ccc(Cl)cc1. The van der Waals surface area contributed by atoms with Crippen LogP contribution in [0, 0.1) is 3.57 Å². The topological polar surface area (TPSA) is 57.6 Å². The summed E-state index contributed by atoms with van der Waals surface area (Å²) in [6.45, 7) is 0. The summed E-state index contributed by atoms with van der Waals surface area (Å²) in [7, 11) is 0. The second-order valence-electron chi connectivity index (χ2n) is 4.70. The lowest BCUT2D eigenvalue weighted by Crippen LogP contribution is -2.27. The summed E-state index contributed by atoms with van der Waals surface area (Å²) in [5.74, 6) is -0.192. The fourth-order valence-corrected chi connectivity index (χ4v) is 3.55. The van der Waals surface area contributed by atoms with Gasteiger partial charge in [-0.3, -0.25) is 9.59 Å². The van der Waals surface area contributed by atoms with E-state index in [1.54, 1.807) is 48.5 Å². The number of phenols is 1. The molecule has 2 aromatic rings. The summed E-state index contributed by atoms with van der Waals surface area (Å²) < 4.78 is 0.674. The quantitative estimate of drug-likeness (QED) is 0.515. The number of benzene rings is 2. The fourth-order valence-electron chi connectivity index (χ4n) is 2.04. The first-order chi connectivity index (χ1) is 11.0. The first kappa shape index (κ1) is 16.4. The highest BCUT2D eigenvalue weighted by Crippen LogP contribution is 2.36. The molecule has 1 N–H and O–H groups in total. The summed E-state index contributed by atoms with van der Waals surface area (Å²) in [6.07, 6.45) is 1.64. The van der Waals surface area contributed by atoms with Crippen molar-refractivity contribution in [2.24, 2.45) is 0 Å². The van der Waals surface area contributed by atoms with E-state index in [1.165, 1.54) is 0 Å². The summed E-state index contributed by atoms with van der Waals surface area (Å²) in [4.78, 5) is 26.1. The molecule has 0 unspecified atom stereocenters. The van der Waals surface area contributed by atoms with Crippen LogP contribution in [0.4, 0.5) is 10.5 Å². The molecule has 0 aliphatic carbocycles. The number of aromatic hydroxyl groups is 1. The number of thioether (sulfide) groups is 1. The zero-order valence-corrected chi connectivity index (χ0v) is 15.2. The molecule has 1 heterocycles. The van der Waals surface area contributed by atoms with E-state index in [0.29, 0.717) is 19.2 Å². The van der Waals surface area contributed by atoms with E-state index in [4.69, 9.17) is 11.6 Å². The van der Waals surface area contributed by atoms with Crippen LogP contribution in [0.15, 0.2) is 47.4 Å². The Balaban J connectivity index is 1.92. The van der Waals surface area contributed by atoms with Crippen LogP contribution in [0.25, 0.3) is 6.08 Å². The average molecular weight is 458 g/mol. The molecular weight excluding hydrogens is 449 g/mol. The van der Waals surface area contributed by atoms with Crippen LogP contribution in [0.1, 0.15) is 5.56 Å². The molecule has 4 nitrogen and oxygen atoms in total. The van der Waals surface area contributed by atoms with Crippen LogP contribution in [0.3, 0.4) is 0 Å². The number of hydrogen-bond acceptors (Lipinski definition) is 4. The number of nitrogens with zero attached hydrogens (tertiary/aromatic N) is 1. The van der Waals surface area contributed by atoms with Gasteiger partial charge in [0.2, 0.25) is 0 Å². The third-order valence-electron chi connectivity index (χ3n) is 3.15. The first-order valence-electron chi connectivity index (χ1n) is 6.48. The number of hydrogen-bond donors (Lipinski definition) is 1. The van der Waals surface area contributed by atoms with E-state index < -0.39 is 0 Å². The number of carbonyl (C=O) groups excluding carboxylic acids is 2. The van der Waals surface area contributed by atoms with Crippen LogP contribution in [0.5, 0.6) is 5.75 Å². The molecule has 0 atom stereocenters. The second kappa shape index (κ2) is 6.54. The minimum atomic E-state index is -0.370. The molecule has 7 heteroatoms. The molecule has 3 rings (SSSR count). The lowest BCUT2D eigenvalue weighted by atomic mass is 10.2. The van der Waals surface area contributed by atoms with Crippen molar-refractivity contribution < 1.29 is 14.7 Å². The minimum absolute atomic E-state index is 0.178. The van der Waals surface area contributed by atoms with Gasteiger partial charge in [0, 0.05) is 5.02 Å². The van der Waals surface area contributed by atoms with Crippen LogP contribution >= 0.6 is 46.0 Å². The van der Waals surface area contributed by atoms with Crippen LogP contribution in [-0.2, 0) is 4.79 Å². The number of anilines is 1. The van der Waals surface area contributed by atoms with Crippen molar-refractivity contribution >= 4 is 68.9 Å².